The average Bonchev–Trinajstić information content (AvgIpc) is 4.26. The van der Waals surface area contributed by atoms with Gasteiger partial charge in [-0.15, -0.1) is 0 Å². The molecule has 9 rings (SSSR count). The number of rotatable bonds is 13. The monoisotopic (exact) mass is 1330 g/mol. The molecule has 23 nitrogen and oxygen atoms in total. The maximum Gasteiger partial charge on any atom is -0.0843 e. The van der Waals surface area contributed by atoms with Crippen molar-refractivity contribution in [3.63, 3.8) is 0 Å². The van der Waals surface area contributed by atoms with Gasteiger partial charge in [0.15, 0.2) is 11.6 Å². The minimum atomic E-state index is -0.793. The summed E-state index contributed by atoms with van der Waals surface area (Å²) in [5.74, 6) is -0.482. The molecule has 0 aliphatic carbocycles. The second kappa shape index (κ2) is 39.2. The number of Topliss-reactive ketones (excluding diaryl/α,β-unsaturated/α-hetero) is 2. The minimum Gasteiger partial charge on any atom is -0.450 e. The molecule has 0 bridgehead atoms. The quantitative estimate of drug-likeness (QED) is 0.0931. The van der Waals surface area contributed by atoms with Crippen LogP contribution in [0.2, 0.25) is 0 Å². The van der Waals surface area contributed by atoms with E-state index < -0.39 is 5.97 Å². The third kappa shape index (κ3) is 29.4. The number of ketones is 2. The molecule has 2 N–H and O–H groups in total. The van der Waals surface area contributed by atoms with Crippen molar-refractivity contribution < 1.29 is 38.9 Å². The van der Waals surface area contributed by atoms with Gasteiger partial charge in [0, 0.05) is 117 Å². The minimum absolute atomic E-state index is 0.0836. The van der Waals surface area contributed by atoms with E-state index in [-0.39, 0.29) is 24.7 Å². The number of hydrogen-bond acceptors (Lipinski definition) is 15. The van der Waals surface area contributed by atoms with Crippen LogP contribution in [0, 0.1) is 0 Å². The smallest absolute Gasteiger partial charge is 0.0843 e. The Morgan fingerprint density at radius 3 is 1.69 bits per heavy atom. The molecule has 0 saturated carbocycles. The zero-order chi connectivity index (χ0) is 57.1. The van der Waals surface area contributed by atoms with Gasteiger partial charge in [0.25, 0.3) is 0 Å². The third-order valence-electron chi connectivity index (χ3n) is 11.2. The summed E-state index contributed by atoms with van der Waals surface area (Å²) in [5.41, 5.74) is 8.14. The van der Waals surface area contributed by atoms with Gasteiger partial charge in [-0.3, -0.25) is 57.2 Å². The Balaban J connectivity index is 0.000000309. The fraction of sp³-hybridized carbons (Fsp3) is 0.510. The van der Waals surface area contributed by atoms with Crippen LogP contribution in [-0.2, 0) is 99.9 Å². The maximum absolute atomic E-state index is 11.7. The molecule has 0 atom stereocenters. The number of aliphatic hydroxyl groups excluding tert-OH is 1. The molecule has 0 radical (unpaired) electrons. The van der Waals surface area contributed by atoms with Crippen LogP contribution in [-0.4, -0.2) is 179 Å². The van der Waals surface area contributed by atoms with Crippen molar-refractivity contribution in [2.45, 2.75) is 64.7 Å². The molecule has 0 amide bonds. The average molecular weight is 1330 g/mol. The van der Waals surface area contributed by atoms with Crippen LogP contribution in [0.1, 0.15) is 80.5 Å². The molecule has 2 aliphatic rings. The molecule has 0 unspecified atom stereocenters. The van der Waals surface area contributed by atoms with Crippen molar-refractivity contribution in [1.29, 1.82) is 0 Å². The number of aliphatic carboxylic acids is 1. The normalized spacial score (nSPS) is 12.6. The van der Waals surface area contributed by atoms with Crippen molar-refractivity contribution in [3.8, 4) is 0 Å². The molecule has 77 heavy (non-hydrogen) atoms. The van der Waals surface area contributed by atoms with Gasteiger partial charge in [-0.25, -0.2) is 0 Å². The molecular formula is C51H78I2N17O6V-. The van der Waals surface area contributed by atoms with Gasteiger partial charge >= 0.3 is 55.4 Å². The first-order chi connectivity index (χ1) is 36.8. The molecule has 0 fully saturated rings. The standard InChI is InChI=1S/C9H15N3O2.2C9H13N3O.C9H16N2.C6H10N2O.C6H8N2O.C3H3N2.2HI.V/c1-11(7-9(13)14)4-3-8-5-10-12(2)6-8;1-11-4-3-7-5-12(2)10-9(7)8(13)6-11;1-11-4-3-7-5-10-12(2)9(7)8(13)6-11;1-3-4-5-6-9-7-10-11(2)8-9;2*1-8-5-6(2-3-9)4-7-8;1-2-5-3-4-1;;;/h5-6H,3-4,7H2,1-2H3,(H,13,14);2*5H,3-4,6H2,1-2H3;7-8H,3-6H2,1-2H3;4-5,9H,2-3H2,1H3;3-5H,2H2,1H3;1-3H;2*1H;/q;;;;;;-1;;;+2/p-2. The van der Waals surface area contributed by atoms with Crippen molar-refractivity contribution in [2.75, 3.05) is 67.0 Å². The third-order valence-corrected chi connectivity index (χ3v) is 11.2. The van der Waals surface area contributed by atoms with E-state index in [1.54, 1.807) is 72.5 Å². The second-order valence-corrected chi connectivity index (χ2v) is 30.0. The van der Waals surface area contributed by atoms with Crippen molar-refractivity contribution in [1.82, 2.24) is 83.4 Å². The second-order valence-electron chi connectivity index (χ2n) is 18.2. The molecule has 7 aromatic rings. The van der Waals surface area contributed by atoms with Gasteiger partial charge in [-0.05, 0) is 81.9 Å². The predicted molar refractivity (Wildman–Crippen MR) is 309 cm³/mol. The number of carbonyl (C=O) groups excluding carboxylic acids is 3. The Labute approximate surface area is 482 Å². The number of aromatic nitrogens is 14. The summed E-state index contributed by atoms with van der Waals surface area (Å²) in [6.45, 7) is 6.11. The van der Waals surface area contributed by atoms with E-state index in [2.05, 4.69) is 93.6 Å². The maximum atomic E-state index is 11.7. The predicted octanol–water partition coefficient (Wildman–Crippen LogP) is 4.24. The van der Waals surface area contributed by atoms with Crippen LogP contribution in [0.3, 0.4) is 0 Å². The van der Waals surface area contributed by atoms with Crippen molar-refractivity contribution >= 4 is 63.8 Å². The van der Waals surface area contributed by atoms with Crippen LogP contribution in [0.4, 0.5) is 0 Å². The van der Waals surface area contributed by atoms with Gasteiger partial charge < -0.3 is 25.0 Å². The number of likely N-dealkylation sites (N-methyl/N-ethyl adjacent to an activating group) is 3. The number of fused-ring (bicyclic) bond motifs is 2. The fourth-order valence-electron chi connectivity index (χ4n) is 7.41. The number of carboxylic acids is 1. The number of aldehydes is 1. The number of aryl methyl sites for hydroxylation is 7. The number of carboxylic acid groups (broad SMARTS) is 1. The van der Waals surface area contributed by atoms with Gasteiger partial charge in [0.2, 0.25) is 0 Å². The summed E-state index contributed by atoms with van der Waals surface area (Å²) in [7, 11) is 17.5. The molecule has 9 heterocycles. The number of imidazole rings is 1. The Bertz CT molecular complexity index is 2670. The zero-order valence-electron chi connectivity index (χ0n) is 46.2. The summed E-state index contributed by atoms with van der Waals surface area (Å²) in [4.78, 5) is 56.7. The Morgan fingerprint density at radius 2 is 1.23 bits per heavy atom. The molecule has 0 aromatic carbocycles. The van der Waals surface area contributed by atoms with E-state index in [1.165, 1.54) is 37.6 Å². The van der Waals surface area contributed by atoms with Gasteiger partial charge in [0.1, 0.15) is 17.7 Å². The number of halogens is 2. The molecule has 423 valence electrons. The molecule has 2 aliphatic heterocycles. The summed E-state index contributed by atoms with van der Waals surface area (Å²) in [5, 5.41) is 41.3. The van der Waals surface area contributed by atoms with Gasteiger partial charge in [0.05, 0.1) is 50.6 Å². The van der Waals surface area contributed by atoms with Crippen molar-refractivity contribution in [2.24, 2.45) is 42.3 Å². The SMILES string of the molecule is CCCCCc1cnn(C)c1.CN(CCc1cnn(C)c1)CC(=O)O.CN1CCc2cn(C)nc2C(=O)C1.CN1CCc2cnn(C)c2C(=O)C1.Cn1cc(CC=O)cn1.Cn1cc(CCO)cn1.[I][V][I].c1c[n-]cn1. The van der Waals surface area contributed by atoms with Crippen LogP contribution in [0.25, 0.3) is 0 Å². The Hall–Kier alpha value is -5.17. The number of hydrogen-bond donors (Lipinski definition) is 2. The van der Waals surface area contributed by atoms with E-state index in [4.69, 9.17) is 10.2 Å². The molecular weight excluding hydrogens is 1250 g/mol. The van der Waals surface area contributed by atoms with E-state index >= 15 is 0 Å². The molecule has 7 aromatic heterocycles. The zero-order valence-corrected chi connectivity index (χ0v) is 51.9. The number of aliphatic hydroxyl groups is 1. The molecule has 0 spiro atoms. The Kier molecular flexibility index (Phi) is 34.6. The van der Waals surface area contributed by atoms with E-state index in [1.807, 2.05) is 102 Å². The summed E-state index contributed by atoms with van der Waals surface area (Å²) in [6.07, 6.45) is 33.3. The van der Waals surface area contributed by atoms with Gasteiger partial charge in [-0.1, -0.05) is 38.5 Å². The van der Waals surface area contributed by atoms with Crippen LogP contribution in [0.15, 0.2) is 80.7 Å². The summed E-state index contributed by atoms with van der Waals surface area (Å²) < 4.78 is 10.4. The van der Waals surface area contributed by atoms with E-state index in [0.717, 1.165) is 78.7 Å². The number of carbonyl (C=O) groups is 4. The molecule has 0 saturated heterocycles. The van der Waals surface area contributed by atoms with Crippen LogP contribution in [0.5, 0.6) is 0 Å². The van der Waals surface area contributed by atoms with E-state index in [0.29, 0.717) is 41.1 Å². The van der Waals surface area contributed by atoms with Gasteiger partial charge in [-0.2, -0.15) is 30.6 Å². The summed E-state index contributed by atoms with van der Waals surface area (Å²) in [6, 6.07) is 0. The first-order valence-electron chi connectivity index (χ1n) is 24.9. The topological polar surface area (TPSA) is 252 Å². The van der Waals surface area contributed by atoms with Crippen LogP contribution >= 0.6 is 40.0 Å². The Morgan fingerprint density at radius 1 is 0.714 bits per heavy atom. The van der Waals surface area contributed by atoms with Crippen LogP contribution < -0.4 is 4.98 Å². The largest absolute Gasteiger partial charge is 0.450 e. The summed E-state index contributed by atoms with van der Waals surface area (Å²) >= 11 is 4.74. The van der Waals surface area contributed by atoms with Crippen molar-refractivity contribution in [3.05, 3.63) is 125 Å². The van der Waals surface area contributed by atoms with E-state index in [9.17, 15) is 19.2 Å². The molecule has 26 heteroatoms. The number of unbranched alkanes of at least 4 members (excludes halogenated alkanes) is 2. The fourth-order valence-corrected chi connectivity index (χ4v) is 7.41. The first kappa shape index (κ1) is 67.9. The number of nitrogens with zero attached hydrogens (tertiary/aromatic N) is 17. The first-order valence-corrected chi connectivity index (χ1v) is 33.9.